The van der Waals surface area contributed by atoms with Crippen molar-refractivity contribution in [3.05, 3.63) is 72.8 Å². The molecule has 3 aromatic heterocycles. The molecule has 24 heavy (non-hydrogen) atoms. The summed E-state index contributed by atoms with van der Waals surface area (Å²) in [5, 5.41) is 0.961. The number of nitrogens with one attached hydrogen (secondary N) is 1. The van der Waals surface area contributed by atoms with Crippen LogP contribution in [-0.4, -0.2) is 22.4 Å². The highest BCUT2D eigenvalue weighted by atomic mass is 32.2. The minimum Gasteiger partial charge on any atom is -0.346 e. The van der Waals surface area contributed by atoms with Crippen LogP contribution in [-0.2, 0) is 10.0 Å². The molecule has 1 aromatic carbocycles. The van der Waals surface area contributed by atoms with Crippen molar-refractivity contribution < 1.29 is 8.42 Å². The highest BCUT2D eigenvalue weighted by molar-refractivity contribution is 7.90. The normalized spacial score (nSPS) is 11.9. The lowest BCUT2D eigenvalue weighted by atomic mass is 10.1. The van der Waals surface area contributed by atoms with Gasteiger partial charge in [0.25, 0.3) is 10.0 Å². The fraction of sp³-hybridized carbons (Fsp3) is 0.0556. The van der Waals surface area contributed by atoms with Gasteiger partial charge in [0.15, 0.2) is 0 Å². The van der Waals surface area contributed by atoms with Crippen molar-refractivity contribution in [1.29, 1.82) is 0 Å². The Hall–Kier alpha value is -2.86. The summed E-state index contributed by atoms with van der Waals surface area (Å²) in [7, 11) is -3.59. The van der Waals surface area contributed by atoms with Crippen molar-refractivity contribution in [3.8, 4) is 11.1 Å². The Balaban J connectivity index is 1.80. The molecule has 0 radical (unpaired) electrons. The maximum Gasteiger partial charge on any atom is 0.267 e. The molecule has 0 aliphatic heterocycles. The zero-order valence-electron chi connectivity index (χ0n) is 13.0. The zero-order chi connectivity index (χ0) is 16.7. The molecule has 3 heterocycles. The van der Waals surface area contributed by atoms with E-state index in [4.69, 9.17) is 0 Å². The van der Waals surface area contributed by atoms with Crippen molar-refractivity contribution in [2.75, 3.05) is 0 Å². The van der Waals surface area contributed by atoms with Gasteiger partial charge in [0.05, 0.1) is 4.90 Å². The maximum absolute atomic E-state index is 12.7. The quantitative estimate of drug-likeness (QED) is 0.621. The van der Waals surface area contributed by atoms with Crippen LogP contribution in [0.5, 0.6) is 0 Å². The van der Waals surface area contributed by atoms with E-state index in [9.17, 15) is 8.42 Å². The topological polar surface area (TPSA) is 67.8 Å². The summed E-state index contributed by atoms with van der Waals surface area (Å²) in [6, 6.07) is 12.5. The number of hydrogen-bond donors (Lipinski definition) is 1. The zero-order valence-corrected chi connectivity index (χ0v) is 13.8. The molecule has 6 heteroatoms. The number of aromatic amines is 1. The van der Waals surface area contributed by atoms with E-state index >= 15 is 0 Å². The molecule has 0 atom stereocenters. The number of nitrogens with zero attached hydrogens (tertiary/aromatic N) is 2. The van der Waals surface area contributed by atoms with Crippen LogP contribution < -0.4 is 0 Å². The molecule has 0 fully saturated rings. The number of H-pyrrole nitrogens is 1. The van der Waals surface area contributed by atoms with Crippen molar-refractivity contribution in [1.82, 2.24) is 13.9 Å². The van der Waals surface area contributed by atoms with E-state index in [0.29, 0.717) is 0 Å². The van der Waals surface area contributed by atoms with E-state index in [2.05, 4.69) is 9.97 Å². The summed E-state index contributed by atoms with van der Waals surface area (Å²) in [6.45, 7) is 1.93. The van der Waals surface area contributed by atoms with Crippen LogP contribution in [0.25, 0.3) is 22.2 Å². The number of aryl methyl sites for hydroxylation is 1. The summed E-state index contributed by atoms with van der Waals surface area (Å²) in [6.07, 6.45) is 6.74. The molecule has 0 unspecified atom stereocenters. The molecule has 4 aromatic rings. The standard InChI is InChI=1S/C18H15N3O2S/c1-13-2-4-15(5-3-13)24(22,23)21-11-8-14(12-21)16-6-9-19-18-17(16)7-10-20-18/h2-12H,1H3,(H,19,20). The third-order valence-corrected chi connectivity index (χ3v) is 5.69. The number of pyridine rings is 1. The number of rotatable bonds is 3. The first kappa shape index (κ1) is 14.7. The highest BCUT2D eigenvalue weighted by Gasteiger charge is 2.17. The lowest BCUT2D eigenvalue weighted by Gasteiger charge is -2.06. The van der Waals surface area contributed by atoms with Crippen LogP contribution in [0.15, 0.2) is 72.1 Å². The van der Waals surface area contributed by atoms with Gasteiger partial charge in [-0.25, -0.2) is 17.4 Å². The Morgan fingerprint density at radius 3 is 2.62 bits per heavy atom. The number of benzene rings is 1. The van der Waals surface area contributed by atoms with Gasteiger partial charge >= 0.3 is 0 Å². The van der Waals surface area contributed by atoms with Crippen molar-refractivity contribution in [2.45, 2.75) is 11.8 Å². The number of aromatic nitrogens is 3. The van der Waals surface area contributed by atoms with Gasteiger partial charge in [-0.15, -0.1) is 0 Å². The fourth-order valence-corrected chi connectivity index (χ4v) is 3.93. The lowest BCUT2D eigenvalue weighted by molar-refractivity contribution is 0.587. The molecule has 0 aliphatic rings. The molecule has 0 bridgehead atoms. The molecule has 1 N–H and O–H groups in total. The van der Waals surface area contributed by atoms with Crippen LogP contribution in [0.1, 0.15) is 5.56 Å². The third kappa shape index (κ3) is 2.32. The SMILES string of the molecule is Cc1ccc(S(=O)(=O)n2ccc(-c3ccnc4[nH]ccc34)c2)cc1. The molecule has 5 nitrogen and oxygen atoms in total. The Labute approximate surface area is 139 Å². The van der Waals surface area contributed by atoms with Gasteiger partial charge in [-0.1, -0.05) is 17.7 Å². The molecule has 0 spiro atoms. The van der Waals surface area contributed by atoms with E-state index in [1.807, 2.05) is 25.3 Å². The van der Waals surface area contributed by atoms with Gasteiger partial charge in [0.2, 0.25) is 0 Å². The maximum atomic E-state index is 12.7. The van der Waals surface area contributed by atoms with Gasteiger partial charge in [-0.2, -0.15) is 0 Å². The van der Waals surface area contributed by atoms with Gasteiger partial charge in [0.1, 0.15) is 5.65 Å². The second-order valence-corrected chi connectivity index (χ2v) is 7.49. The fourth-order valence-electron chi connectivity index (χ4n) is 2.73. The van der Waals surface area contributed by atoms with Crippen LogP contribution in [0.2, 0.25) is 0 Å². The first-order valence-corrected chi connectivity index (χ1v) is 8.92. The Morgan fingerprint density at radius 2 is 1.83 bits per heavy atom. The molecule has 0 amide bonds. The molecular formula is C18H15N3O2S. The summed E-state index contributed by atoms with van der Waals surface area (Å²) in [4.78, 5) is 7.59. The van der Waals surface area contributed by atoms with Crippen molar-refractivity contribution in [2.24, 2.45) is 0 Å². The van der Waals surface area contributed by atoms with E-state index < -0.39 is 10.0 Å². The van der Waals surface area contributed by atoms with Crippen LogP contribution >= 0.6 is 0 Å². The second-order valence-electron chi connectivity index (χ2n) is 5.65. The number of hydrogen-bond acceptors (Lipinski definition) is 3. The molecule has 0 saturated carbocycles. The first-order chi connectivity index (χ1) is 11.6. The van der Waals surface area contributed by atoms with Crippen LogP contribution in [0.4, 0.5) is 0 Å². The van der Waals surface area contributed by atoms with E-state index in [1.165, 1.54) is 3.97 Å². The second kappa shape index (κ2) is 5.35. The van der Waals surface area contributed by atoms with Gasteiger partial charge in [-0.05, 0) is 42.8 Å². The average molecular weight is 337 g/mol. The summed E-state index contributed by atoms with van der Waals surface area (Å²) < 4.78 is 26.8. The van der Waals surface area contributed by atoms with Crippen molar-refractivity contribution in [3.63, 3.8) is 0 Å². The Kier molecular flexibility index (Phi) is 3.28. The Morgan fingerprint density at radius 1 is 1.04 bits per heavy atom. The highest BCUT2D eigenvalue weighted by Crippen LogP contribution is 2.28. The van der Waals surface area contributed by atoms with E-state index in [-0.39, 0.29) is 4.90 Å². The predicted octanol–water partition coefficient (Wildman–Crippen LogP) is 3.58. The summed E-state index contributed by atoms with van der Waals surface area (Å²) in [5.74, 6) is 0. The summed E-state index contributed by atoms with van der Waals surface area (Å²) >= 11 is 0. The molecule has 0 aliphatic carbocycles. The number of fused-ring (bicyclic) bond motifs is 1. The molecule has 4 rings (SSSR count). The largest absolute Gasteiger partial charge is 0.346 e. The molecule has 0 saturated heterocycles. The average Bonchev–Trinajstić information content (AvgIpc) is 3.24. The summed E-state index contributed by atoms with van der Waals surface area (Å²) in [5.41, 5.74) is 3.58. The smallest absolute Gasteiger partial charge is 0.267 e. The van der Waals surface area contributed by atoms with E-state index in [0.717, 1.165) is 27.7 Å². The monoisotopic (exact) mass is 337 g/mol. The van der Waals surface area contributed by atoms with Gasteiger partial charge in [-0.3, -0.25) is 0 Å². The first-order valence-electron chi connectivity index (χ1n) is 7.48. The van der Waals surface area contributed by atoms with Crippen molar-refractivity contribution >= 4 is 21.1 Å². The van der Waals surface area contributed by atoms with Gasteiger partial charge < -0.3 is 4.98 Å². The van der Waals surface area contributed by atoms with Gasteiger partial charge in [0, 0.05) is 35.7 Å². The predicted molar refractivity (Wildman–Crippen MR) is 93.3 cm³/mol. The molecule has 120 valence electrons. The third-order valence-electron chi connectivity index (χ3n) is 4.03. The Bertz CT molecular complexity index is 1120. The van der Waals surface area contributed by atoms with Crippen LogP contribution in [0, 0.1) is 6.92 Å². The minimum absolute atomic E-state index is 0.275. The molecular weight excluding hydrogens is 322 g/mol. The lowest BCUT2D eigenvalue weighted by Crippen LogP contribution is -2.10. The van der Waals surface area contributed by atoms with Crippen LogP contribution in [0.3, 0.4) is 0 Å². The minimum atomic E-state index is -3.59. The van der Waals surface area contributed by atoms with E-state index in [1.54, 1.807) is 48.9 Å².